The van der Waals surface area contributed by atoms with Crippen LogP contribution in [0.1, 0.15) is 6.92 Å². The first kappa shape index (κ1) is 16.0. The standard InChI is InChI=1S/C16H20N2O4S/c1-11(23-14-5-3-13(21-2)4-6-14)15(19)17-7-8-18-12(9-17)10-22-16(18)20/h3-6,11-12H,7-10H2,1-2H3/t11-,12+/m1/s1. The number of hydrogen-bond acceptors (Lipinski definition) is 5. The second-order valence-corrected chi connectivity index (χ2v) is 7.06. The van der Waals surface area contributed by atoms with Crippen molar-refractivity contribution in [3.05, 3.63) is 24.3 Å². The van der Waals surface area contributed by atoms with Crippen molar-refractivity contribution < 1.29 is 19.1 Å². The average Bonchev–Trinajstić information content (AvgIpc) is 2.95. The molecule has 124 valence electrons. The maximum absolute atomic E-state index is 12.6. The number of piperazine rings is 1. The first-order valence-electron chi connectivity index (χ1n) is 7.61. The van der Waals surface area contributed by atoms with Crippen LogP contribution in [-0.4, -0.2) is 66.4 Å². The third-order valence-corrected chi connectivity index (χ3v) is 5.25. The van der Waals surface area contributed by atoms with Crippen molar-refractivity contribution in [1.82, 2.24) is 9.80 Å². The number of rotatable bonds is 4. The minimum Gasteiger partial charge on any atom is -0.497 e. The quantitative estimate of drug-likeness (QED) is 0.785. The lowest BCUT2D eigenvalue weighted by Crippen LogP contribution is -2.55. The van der Waals surface area contributed by atoms with Gasteiger partial charge in [-0.05, 0) is 31.2 Å². The number of benzene rings is 1. The number of carbonyl (C=O) groups is 2. The van der Waals surface area contributed by atoms with Gasteiger partial charge in [0.25, 0.3) is 0 Å². The molecule has 0 saturated carbocycles. The van der Waals surface area contributed by atoms with Gasteiger partial charge < -0.3 is 14.4 Å². The number of methoxy groups -OCH3 is 1. The summed E-state index contributed by atoms with van der Waals surface area (Å²) in [5.74, 6) is 0.903. The molecule has 0 aromatic heterocycles. The zero-order valence-corrected chi connectivity index (χ0v) is 14.0. The molecule has 2 aliphatic rings. The molecule has 3 rings (SSSR count). The predicted octanol–water partition coefficient (Wildman–Crippen LogP) is 1.84. The maximum Gasteiger partial charge on any atom is 0.410 e. The van der Waals surface area contributed by atoms with E-state index in [0.29, 0.717) is 26.2 Å². The van der Waals surface area contributed by atoms with Crippen molar-refractivity contribution in [2.45, 2.75) is 23.1 Å². The van der Waals surface area contributed by atoms with Gasteiger partial charge in [-0.1, -0.05) is 0 Å². The van der Waals surface area contributed by atoms with Crippen LogP contribution < -0.4 is 4.74 Å². The van der Waals surface area contributed by atoms with Gasteiger partial charge in [-0.25, -0.2) is 4.79 Å². The monoisotopic (exact) mass is 336 g/mol. The van der Waals surface area contributed by atoms with E-state index in [1.165, 1.54) is 11.8 Å². The van der Waals surface area contributed by atoms with Crippen LogP contribution in [0.5, 0.6) is 5.75 Å². The number of thioether (sulfide) groups is 1. The lowest BCUT2D eigenvalue weighted by atomic mass is 10.2. The van der Waals surface area contributed by atoms with Crippen LogP contribution in [0.4, 0.5) is 4.79 Å². The summed E-state index contributed by atoms with van der Waals surface area (Å²) in [6.45, 7) is 3.97. The topological polar surface area (TPSA) is 59.1 Å². The van der Waals surface area contributed by atoms with Gasteiger partial charge in [0.1, 0.15) is 12.4 Å². The summed E-state index contributed by atoms with van der Waals surface area (Å²) < 4.78 is 10.2. The number of cyclic esters (lactones) is 1. The van der Waals surface area contributed by atoms with Crippen molar-refractivity contribution in [3.63, 3.8) is 0 Å². The first-order valence-corrected chi connectivity index (χ1v) is 8.49. The summed E-state index contributed by atoms with van der Waals surface area (Å²) >= 11 is 1.53. The van der Waals surface area contributed by atoms with Crippen LogP contribution in [0.25, 0.3) is 0 Å². The van der Waals surface area contributed by atoms with Crippen molar-refractivity contribution in [2.75, 3.05) is 33.4 Å². The van der Waals surface area contributed by atoms with E-state index in [1.807, 2.05) is 36.1 Å². The fraction of sp³-hybridized carbons (Fsp3) is 0.500. The van der Waals surface area contributed by atoms with Crippen molar-refractivity contribution in [1.29, 1.82) is 0 Å². The largest absolute Gasteiger partial charge is 0.497 e. The second-order valence-electron chi connectivity index (χ2n) is 5.64. The molecule has 23 heavy (non-hydrogen) atoms. The molecule has 2 heterocycles. The summed E-state index contributed by atoms with van der Waals surface area (Å²) in [5.41, 5.74) is 0. The Balaban J connectivity index is 1.57. The number of amides is 2. The van der Waals surface area contributed by atoms with Crippen LogP contribution >= 0.6 is 11.8 Å². The zero-order valence-electron chi connectivity index (χ0n) is 13.2. The second kappa shape index (κ2) is 6.70. The Morgan fingerprint density at radius 3 is 2.78 bits per heavy atom. The summed E-state index contributed by atoms with van der Waals surface area (Å²) in [5, 5.41) is -0.173. The predicted molar refractivity (Wildman–Crippen MR) is 86.7 cm³/mol. The Kier molecular flexibility index (Phi) is 4.66. The molecule has 1 aromatic rings. The molecule has 6 nitrogen and oxygen atoms in total. The molecule has 2 aliphatic heterocycles. The third kappa shape index (κ3) is 3.39. The highest BCUT2D eigenvalue weighted by molar-refractivity contribution is 8.00. The van der Waals surface area contributed by atoms with Crippen molar-refractivity contribution in [3.8, 4) is 5.75 Å². The number of fused-ring (bicyclic) bond motifs is 1. The van der Waals surface area contributed by atoms with Gasteiger partial charge in [-0.2, -0.15) is 0 Å². The van der Waals surface area contributed by atoms with Gasteiger partial charge in [-0.3, -0.25) is 9.69 Å². The van der Waals surface area contributed by atoms with Gasteiger partial charge in [0.2, 0.25) is 5.91 Å². The fourth-order valence-corrected chi connectivity index (χ4v) is 3.81. The van der Waals surface area contributed by atoms with E-state index in [1.54, 1.807) is 12.0 Å². The number of carbonyl (C=O) groups excluding carboxylic acids is 2. The molecule has 0 bridgehead atoms. The Labute approximate surface area is 139 Å². The molecule has 0 radical (unpaired) electrons. The molecule has 2 fully saturated rings. The Hall–Kier alpha value is -1.89. The maximum atomic E-state index is 12.6. The third-order valence-electron chi connectivity index (χ3n) is 4.15. The highest BCUT2D eigenvalue weighted by atomic mass is 32.2. The summed E-state index contributed by atoms with van der Waals surface area (Å²) in [7, 11) is 1.63. The van der Waals surface area contributed by atoms with Crippen LogP contribution in [0.2, 0.25) is 0 Å². The van der Waals surface area contributed by atoms with Crippen LogP contribution in [0, 0.1) is 0 Å². The van der Waals surface area contributed by atoms with E-state index in [2.05, 4.69) is 0 Å². The number of hydrogen-bond donors (Lipinski definition) is 0. The summed E-state index contributed by atoms with van der Waals surface area (Å²) in [4.78, 5) is 28.7. The van der Waals surface area contributed by atoms with Gasteiger partial charge in [0.05, 0.1) is 18.4 Å². The molecule has 0 spiro atoms. The zero-order chi connectivity index (χ0) is 16.4. The molecular weight excluding hydrogens is 316 g/mol. The highest BCUT2D eigenvalue weighted by Crippen LogP contribution is 2.27. The number of ether oxygens (including phenoxy) is 2. The lowest BCUT2D eigenvalue weighted by molar-refractivity contribution is -0.132. The van der Waals surface area contributed by atoms with Crippen molar-refractivity contribution in [2.24, 2.45) is 0 Å². The molecule has 2 atom stereocenters. The molecule has 0 aliphatic carbocycles. The SMILES string of the molecule is COc1ccc(S[C@H](C)C(=O)N2CCN3C(=O)OC[C@@H]3C2)cc1. The lowest BCUT2D eigenvalue weighted by Gasteiger charge is -2.36. The van der Waals surface area contributed by atoms with Gasteiger partial charge in [0.15, 0.2) is 0 Å². The summed E-state index contributed by atoms with van der Waals surface area (Å²) in [6.07, 6.45) is -0.261. The van der Waals surface area contributed by atoms with E-state index < -0.39 is 0 Å². The molecular formula is C16H20N2O4S. The van der Waals surface area contributed by atoms with E-state index in [4.69, 9.17) is 9.47 Å². The molecule has 2 saturated heterocycles. The van der Waals surface area contributed by atoms with Gasteiger partial charge >= 0.3 is 6.09 Å². The van der Waals surface area contributed by atoms with Gasteiger partial charge in [0, 0.05) is 24.5 Å². The first-order chi connectivity index (χ1) is 11.1. The molecule has 0 N–H and O–H groups in total. The van der Waals surface area contributed by atoms with Crippen LogP contribution in [0.3, 0.4) is 0 Å². The molecule has 2 amide bonds. The van der Waals surface area contributed by atoms with E-state index in [-0.39, 0.29) is 23.3 Å². The van der Waals surface area contributed by atoms with Crippen LogP contribution in [-0.2, 0) is 9.53 Å². The van der Waals surface area contributed by atoms with E-state index in [9.17, 15) is 9.59 Å². The van der Waals surface area contributed by atoms with Crippen molar-refractivity contribution >= 4 is 23.8 Å². The van der Waals surface area contributed by atoms with Gasteiger partial charge in [-0.15, -0.1) is 11.8 Å². The van der Waals surface area contributed by atoms with E-state index in [0.717, 1.165) is 10.6 Å². The molecule has 0 unspecified atom stereocenters. The molecule has 1 aromatic carbocycles. The highest BCUT2D eigenvalue weighted by Gasteiger charge is 2.39. The average molecular weight is 336 g/mol. The Morgan fingerprint density at radius 2 is 2.09 bits per heavy atom. The smallest absolute Gasteiger partial charge is 0.410 e. The Morgan fingerprint density at radius 1 is 1.35 bits per heavy atom. The van der Waals surface area contributed by atoms with E-state index >= 15 is 0 Å². The minimum absolute atomic E-state index is 0.00149. The Bertz CT molecular complexity index is 592. The minimum atomic E-state index is -0.261. The van der Waals surface area contributed by atoms with Crippen LogP contribution in [0.15, 0.2) is 29.2 Å². The molecule has 7 heteroatoms. The summed E-state index contributed by atoms with van der Waals surface area (Å²) in [6, 6.07) is 7.68. The number of nitrogens with zero attached hydrogens (tertiary/aromatic N) is 2. The fourth-order valence-electron chi connectivity index (χ4n) is 2.85. The normalized spacial score (nSPS) is 21.7.